The van der Waals surface area contributed by atoms with Gasteiger partial charge in [-0.25, -0.2) is 0 Å². The summed E-state index contributed by atoms with van der Waals surface area (Å²) in [5.41, 5.74) is 5.49. The van der Waals surface area contributed by atoms with Crippen LogP contribution in [0.3, 0.4) is 0 Å². The molecule has 18 heavy (non-hydrogen) atoms. The van der Waals surface area contributed by atoms with Gasteiger partial charge in [-0.3, -0.25) is 14.3 Å². The van der Waals surface area contributed by atoms with Crippen LogP contribution in [0.1, 0.15) is 33.8 Å². The molecule has 1 saturated heterocycles. The number of ether oxygens (including phenoxy) is 1. The zero-order valence-corrected chi connectivity index (χ0v) is 10.2. The van der Waals surface area contributed by atoms with Crippen molar-refractivity contribution in [1.82, 2.24) is 15.1 Å². The fraction of sp³-hybridized carbons (Fsp3) is 0.545. The predicted molar refractivity (Wildman–Crippen MR) is 63.0 cm³/mol. The van der Waals surface area contributed by atoms with Crippen LogP contribution in [-0.4, -0.2) is 40.9 Å². The standard InChI is InChI=1S/C11H16N4O3/c1-15-9(5-8(14-15)10(12)16)11(17)13-6-7-3-2-4-18-7/h5,7H,2-4,6H2,1H3,(H2,12,16)(H,13,17)/t7-/m1/s1. The molecule has 7 nitrogen and oxygen atoms in total. The second-order valence-corrected chi connectivity index (χ2v) is 4.25. The Morgan fingerprint density at radius 2 is 2.44 bits per heavy atom. The van der Waals surface area contributed by atoms with Gasteiger partial charge in [0.1, 0.15) is 5.69 Å². The number of nitrogens with zero attached hydrogens (tertiary/aromatic N) is 2. The van der Waals surface area contributed by atoms with Gasteiger partial charge in [-0.2, -0.15) is 5.10 Å². The van der Waals surface area contributed by atoms with Crippen LogP contribution < -0.4 is 11.1 Å². The highest BCUT2D eigenvalue weighted by molar-refractivity contribution is 5.97. The quantitative estimate of drug-likeness (QED) is 0.749. The number of hydrogen-bond donors (Lipinski definition) is 2. The third-order valence-electron chi connectivity index (χ3n) is 2.88. The Labute approximate surface area is 104 Å². The van der Waals surface area contributed by atoms with Gasteiger partial charge in [0.25, 0.3) is 11.8 Å². The maximum Gasteiger partial charge on any atom is 0.269 e. The molecule has 1 fully saturated rings. The van der Waals surface area contributed by atoms with Crippen molar-refractivity contribution in [1.29, 1.82) is 0 Å². The van der Waals surface area contributed by atoms with Gasteiger partial charge in [-0.1, -0.05) is 0 Å². The summed E-state index contributed by atoms with van der Waals surface area (Å²) in [4.78, 5) is 22.8. The number of primary amides is 1. The van der Waals surface area contributed by atoms with E-state index in [9.17, 15) is 9.59 Å². The van der Waals surface area contributed by atoms with Crippen molar-refractivity contribution >= 4 is 11.8 Å². The predicted octanol–water partition coefficient (Wildman–Crippen LogP) is -0.572. The van der Waals surface area contributed by atoms with Gasteiger partial charge >= 0.3 is 0 Å². The Hall–Kier alpha value is -1.89. The number of nitrogens with two attached hydrogens (primary N) is 1. The van der Waals surface area contributed by atoms with Crippen LogP contribution in [0.15, 0.2) is 6.07 Å². The average Bonchev–Trinajstić information content (AvgIpc) is 2.94. The minimum absolute atomic E-state index is 0.0813. The van der Waals surface area contributed by atoms with E-state index in [0.717, 1.165) is 19.4 Å². The first-order valence-corrected chi connectivity index (χ1v) is 5.81. The number of aromatic nitrogens is 2. The first-order chi connectivity index (χ1) is 8.58. The number of carbonyl (C=O) groups excluding carboxylic acids is 2. The molecular weight excluding hydrogens is 236 g/mol. The fourth-order valence-corrected chi connectivity index (χ4v) is 1.90. The van der Waals surface area contributed by atoms with Crippen LogP contribution in [0.4, 0.5) is 0 Å². The number of hydrogen-bond acceptors (Lipinski definition) is 4. The minimum atomic E-state index is -0.649. The van der Waals surface area contributed by atoms with Crippen molar-refractivity contribution < 1.29 is 14.3 Å². The molecule has 1 aromatic heterocycles. The highest BCUT2D eigenvalue weighted by Crippen LogP contribution is 2.11. The zero-order valence-electron chi connectivity index (χ0n) is 10.2. The third kappa shape index (κ3) is 2.67. The van der Waals surface area contributed by atoms with E-state index in [-0.39, 0.29) is 17.7 Å². The largest absolute Gasteiger partial charge is 0.376 e. The molecule has 2 amide bonds. The number of carbonyl (C=O) groups is 2. The molecule has 1 atom stereocenters. The Morgan fingerprint density at radius 3 is 3.00 bits per heavy atom. The monoisotopic (exact) mass is 252 g/mol. The molecular formula is C11H16N4O3. The number of aryl methyl sites for hydroxylation is 1. The van der Waals surface area contributed by atoms with Crippen molar-refractivity contribution in [3.63, 3.8) is 0 Å². The van der Waals surface area contributed by atoms with Gasteiger partial charge in [0, 0.05) is 26.3 Å². The Morgan fingerprint density at radius 1 is 1.67 bits per heavy atom. The SMILES string of the molecule is Cn1nc(C(N)=O)cc1C(=O)NC[C@H]1CCCO1. The maximum absolute atomic E-state index is 11.9. The van der Waals surface area contributed by atoms with Crippen molar-refractivity contribution in [2.75, 3.05) is 13.2 Å². The molecule has 2 rings (SSSR count). The van der Waals surface area contributed by atoms with Crippen molar-refractivity contribution in [2.24, 2.45) is 12.8 Å². The molecule has 0 aliphatic carbocycles. The van der Waals surface area contributed by atoms with E-state index in [1.807, 2.05) is 0 Å². The molecule has 98 valence electrons. The van der Waals surface area contributed by atoms with Gasteiger partial charge in [-0.15, -0.1) is 0 Å². The molecule has 2 heterocycles. The summed E-state index contributed by atoms with van der Waals surface area (Å²) in [5.74, 6) is -0.934. The summed E-state index contributed by atoms with van der Waals surface area (Å²) < 4.78 is 6.74. The molecule has 1 aliphatic heterocycles. The van der Waals surface area contributed by atoms with Gasteiger partial charge < -0.3 is 15.8 Å². The minimum Gasteiger partial charge on any atom is -0.376 e. The van der Waals surface area contributed by atoms with E-state index in [1.54, 1.807) is 7.05 Å². The van der Waals surface area contributed by atoms with Crippen LogP contribution in [0.5, 0.6) is 0 Å². The van der Waals surface area contributed by atoms with E-state index >= 15 is 0 Å². The van der Waals surface area contributed by atoms with Crippen molar-refractivity contribution in [3.8, 4) is 0 Å². The first kappa shape index (κ1) is 12.6. The summed E-state index contributed by atoms with van der Waals surface area (Å²) in [6, 6.07) is 1.38. The summed E-state index contributed by atoms with van der Waals surface area (Å²) >= 11 is 0. The topological polar surface area (TPSA) is 99.2 Å². The van der Waals surface area contributed by atoms with Crippen LogP contribution >= 0.6 is 0 Å². The Bertz CT molecular complexity index is 463. The number of nitrogens with one attached hydrogen (secondary N) is 1. The molecule has 0 radical (unpaired) electrons. The lowest BCUT2D eigenvalue weighted by Gasteiger charge is -2.10. The molecule has 0 saturated carbocycles. The van der Waals surface area contributed by atoms with Crippen LogP contribution in [0, 0.1) is 0 Å². The van der Waals surface area contributed by atoms with Crippen LogP contribution in [-0.2, 0) is 11.8 Å². The van der Waals surface area contributed by atoms with Crippen LogP contribution in [0.25, 0.3) is 0 Å². The molecule has 0 aromatic carbocycles. The number of rotatable bonds is 4. The van der Waals surface area contributed by atoms with Gasteiger partial charge in [-0.05, 0) is 12.8 Å². The molecule has 1 aliphatic rings. The Kier molecular flexibility index (Phi) is 3.61. The highest BCUT2D eigenvalue weighted by atomic mass is 16.5. The number of amides is 2. The lowest BCUT2D eigenvalue weighted by molar-refractivity contribution is 0.0850. The molecule has 7 heteroatoms. The molecule has 0 spiro atoms. The second-order valence-electron chi connectivity index (χ2n) is 4.25. The van der Waals surface area contributed by atoms with Crippen LogP contribution in [0.2, 0.25) is 0 Å². The van der Waals surface area contributed by atoms with E-state index in [4.69, 9.17) is 10.5 Å². The maximum atomic E-state index is 11.9. The second kappa shape index (κ2) is 5.18. The summed E-state index contributed by atoms with van der Waals surface area (Å²) in [5, 5.41) is 6.62. The van der Waals surface area contributed by atoms with Gasteiger partial charge in [0.05, 0.1) is 6.10 Å². The average molecular weight is 252 g/mol. The first-order valence-electron chi connectivity index (χ1n) is 5.81. The lowest BCUT2D eigenvalue weighted by atomic mass is 10.2. The summed E-state index contributed by atoms with van der Waals surface area (Å²) in [6.45, 7) is 1.22. The smallest absolute Gasteiger partial charge is 0.269 e. The van der Waals surface area contributed by atoms with Crippen molar-refractivity contribution in [2.45, 2.75) is 18.9 Å². The van der Waals surface area contributed by atoms with E-state index in [2.05, 4.69) is 10.4 Å². The Balaban J connectivity index is 1.97. The summed E-state index contributed by atoms with van der Waals surface area (Å²) in [7, 11) is 1.59. The lowest BCUT2D eigenvalue weighted by Crippen LogP contribution is -2.32. The normalized spacial score (nSPS) is 18.8. The van der Waals surface area contributed by atoms with E-state index in [1.165, 1.54) is 10.7 Å². The summed E-state index contributed by atoms with van der Waals surface area (Å²) in [6.07, 6.45) is 2.06. The fourth-order valence-electron chi connectivity index (χ4n) is 1.90. The molecule has 0 unspecified atom stereocenters. The van der Waals surface area contributed by atoms with E-state index in [0.29, 0.717) is 12.2 Å². The molecule has 1 aromatic rings. The highest BCUT2D eigenvalue weighted by Gasteiger charge is 2.19. The van der Waals surface area contributed by atoms with E-state index < -0.39 is 5.91 Å². The third-order valence-corrected chi connectivity index (χ3v) is 2.88. The molecule has 3 N–H and O–H groups in total. The van der Waals surface area contributed by atoms with Crippen molar-refractivity contribution in [3.05, 3.63) is 17.5 Å². The molecule has 0 bridgehead atoms. The van der Waals surface area contributed by atoms with Gasteiger partial charge in [0.15, 0.2) is 5.69 Å². The van der Waals surface area contributed by atoms with Gasteiger partial charge in [0.2, 0.25) is 0 Å². The zero-order chi connectivity index (χ0) is 13.1.